The Bertz CT molecular complexity index is 687. The van der Waals surface area contributed by atoms with E-state index in [9.17, 15) is 0 Å². The van der Waals surface area contributed by atoms with Crippen molar-refractivity contribution >= 4 is 11.0 Å². The van der Waals surface area contributed by atoms with E-state index in [1.807, 2.05) is 47.3 Å². The minimum atomic E-state index is 0.789. The fourth-order valence-corrected chi connectivity index (χ4v) is 2.09. The number of benzene rings is 1. The molecule has 0 atom stereocenters. The van der Waals surface area contributed by atoms with E-state index in [-0.39, 0.29) is 0 Å². The Balaban J connectivity index is 2.01. The van der Waals surface area contributed by atoms with Gasteiger partial charge in [0.1, 0.15) is 12.1 Å². The Morgan fingerprint density at radius 3 is 2.89 bits per heavy atom. The highest BCUT2D eigenvalue weighted by Crippen LogP contribution is 2.16. The molecule has 0 bridgehead atoms. The first kappa shape index (κ1) is 11.9. The van der Waals surface area contributed by atoms with Gasteiger partial charge in [-0.3, -0.25) is 4.57 Å². The van der Waals surface area contributed by atoms with Gasteiger partial charge in [0.25, 0.3) is 0 Å². The van der Waals surface area contributed by atoms with Gasteiger partial charge in [0.15, 0.2) is 0 Å². The van der Waals surface area contributed by atoms with Crippen LogP contribution in [0.25, 0.3) is 16.9 Å². The number of nitrogens with zero attached hydrogens (tertiary/aromatic N) is 3. The molecule has 0 amide bonds. The predicted molar refractivity (Wildman–Crippen MR) is 76.2 cm³/mol. The molecule has 96 valence electrons. The predicted octanol–water partition coefficient (Wildman–Crippen LogP) is 2.53. The second-order valence-electron chi connectivity index (χ2n) is 4.37. The zero-order chi connectivity index (χ0) is 13.1. The zero-order valence-corrected chi connectivity index (χ0v) is 10.9. The standard InChI is InChI=1S/C15H16N4/c1-2-16-10-12-6-5-9-15(18-12)19-11-17-13-7-3-4-8-14(13)19/h3-9,11,16H,2,10H2,1H3. The van der Waals surface area contributed by atoms with Crippen molar-refractivity contribution in [3.8, 4) is 5.82 Å². The number of para-hydroxylation sites is 2. The summed E-state index contributed by atoms with van der Waals surface area (Å²) in [4.78, 5) is 9.06. The first-order valence-electron chi connectivity index (χ1n) is 6.47. The van der Waals surface area contributed by atoms with Gasteiger partial charge in [-0.2, -0.15) is 0 Å². The van der Waals surface area contributed by atoms with Gasteiger partial charge in [-0.25, -0.2) is 9.97 Å². The van der Waals surface area contributed by atoms with Crippen molar-refractivity contribution in [2.24, 2.45) is 0 Å². The van der Waals surface area contributed by atoms with Crippen molar-refractivity contribution in [2.45, 2.75) is 13.5 Å². The van der Waals surface area contributed by atoms with Crippen molar-refractivity contribution in [3.63, 3.8) is 0 Å². The average molecular weight is 252 g/mol. The van der Waals surface area contributed by atoms with Crippen LogP contribution in [0.1, 0.15) is 12.6 Å². The second kappa shape index (κ2) is 5.20. The Hall–Kier alpha value is -2.20. The molecular weight excluding hydrogens is 236 g/mol. The summed E-state index contributed by atoms with van der Waals surface area (Å²) in [6.07, 6.45) is 1.82. The highest BCUT2D eigenvalue weighted by Gasteiger charge is 2.05. The average Bonchev–Trinajstić information content (AvgIpc) is 2.89. The molecule has 19 heavy (non-hydrogen) atoms. The van der Waals surface area contributed by atoms with Crippen LogP contribution < -0.4 is 5.32 Å². The van der Waals surface area contributed by atoms with E-state index in [0.717, 1.165) is 35.6 Å². The molecular formula is C15H16N4. The molecule has 3 aromatic rings. The Morgan fingerprint density at radius 2 is 2.00 bits per heavy atom. The first-order chi connectivity index (χ1) is 9.38. The monoisotopic (exact) mass is 252 g/mol. The quantitative estimate of drug-likeness (QED) is 0.776. The molecule has 4 nitrogen and oxygen atoms in total. The molecule has 0 saturated carbocycles. The van der Waals surface area contributed by atoms with E-state index >= 15 is 0 Å². The zero-order valence-electron chi connectivity index (χ0n) is 10.9. The molecule has 1 aromatic carbocycles. The van der Waals surface area contributed by atoms with Gasteiger partial charge in [-0.05, 0) is 30.8 Å². The van der Waals surface area contributed by atoms with Crippen LogP contribution >= 0.6 is 0 Å². The highest BCUT2D eigenvalue weighted by atomic mass is 15.1. The molecule has 0 fully saturated rings. The maximum atomic E-state index is 4.66. The lowest BCUT2D eigenvalue weighted by atomic mass is 10.3. The molecule has 2 heterocycles. The molecule has 0 saturated heterocycles. The summed E-state index contributed by atoms with van der Waals surface area (Å²) >= 11 is 0. The van der Waals surface area contributed by atoms with Gasteiger partial charge < -0.3 is 5.32 Å². The first-order valence-corrected chi connectivity index (χ1v) is 6.47. The van der Waals surface area contributed by atoms with Crippen LogP contribution in [0.2, 0.25) is 0 Å². The Labute approximate surface area is 112 Å². The normalized spacial score (nSPS) is 11.0. The Kier molecular flexibility index (Phi) is 3.25. The van der Waals surface area contributed by atoms with Crippen molar-refractivity contribution in [1.29, 1.82) is 0 Å². The van der Waals surface area contributed by atoms with E-state index in [1.54, 1.807) is 0 Å². The summed E-state index contributed by atoms with van der Waals surface area (Å²) in [5.41, 5.74) is 3.11. The third-order valence-electron chi connectivity index (χ3n) is 3.05. The summed E-state index contributed by atoms with van der Waals surface area (Å²) in [6, 6.07) is 14.1. The minimum Gasteiger partial charge on any atom is -0.311 e. The number of nitrogens with one attached hydrogen (secondary N) is 1. The van der Waals surface area contributed by atoms with Gasteiger partial charge in [-0.15, -0.1) is 0 Å². The van der Waals surface area contributed by atoms with Gasteiger partial charge in [0.05, 0.1) is 16.7 Å². The SMILES string of the molecule is CCNCc1cccc(-n2cnc3ccccc32)n1. The van der Waals surface area contributed by atoms with Crippen molar-refractivity contribution in [1.82, 2.24) is 19.9 Å². The van der Waals surface area contributed by atoms with Crippen molar-refractivity contribution in [2.75, 3.05) is 6.54 Å². The summed E-state index contributed by atoms with van der Waals surface area (Å²) in [7, 11) is 0. The molecule has 3 rings (SSSR count). The lowest BCUT2D eigenvalue weighted by Crippen LogP contribution is -2.13. The van der Waals surface area contributed by atoms with Crippen LogP contribution in [-0.2, 0) is 6.54 Å². The second-order valence-corrected chi connectivity index (χ2v) is 4.37. The summed E-state index contributed by atoms with van der Waals surface area (Å²) in [5, 5.41) is 3.29. The molecule has 0 aliphatic rings. The van der Waals surface area contributed by atoms with E-state index < -0.39 is 0 Å². The summed E-state index contributed by atoms with van der Waals surface area (Å²) < 4.78 is 2.02. The maximum absolute atomic E-state index is 4.66. The summed E-state index contributed by atoms with van der Waals surface area (Å²) in [5.74, 6) is 0.907. The van der Waals surface area contributed by atoms with Crippen LogP contribution in [0.4, 0.5) is 0 Å². The van der Waals surface area contributed by atoms with Gasteiger partial charge in [0, 0.05) is 6.54 Å². The van der Waals surface area contributed by atoms with Crippen LogP contribution in [0.5, 0.6) is 0 Å². The van der Waals surface area contributed by atoms with Crippen molar-refractivity contribution in [3.05, 3.63) is 54.5 Å². The van der Waals surface area contributed by atoms with Crippen LogP contribution in [0.15, 0.2) is 48.8 Å². The lowest BCUT2D eigenvalue weighted by Gasteiger charge is -2.06. The van der Waals surface area contributed by atoms with E-state index in [4.69, 9.17) is 0 Å². The smallest absolute Gasteiger partial charge is 0.138 e. The molecule has 0 aliphatic heterocycles. The summed E-state index contributed by atoms with van der Waals surface area (Å²) in [6.45, 7) is 3.82. The van der Waals surface area contributed by atoms with Gasteiger partial charge in [0.2, 0.25) is 0 Å². The number of pyridine rings is 1. The number of imidazole rings is 1. The lowest BCUT2D eigenvalue weighted by molar-refractivity contribution is 0.708. The molecule has 0 spiro atoms. The number of rotatable bonds is 4. The molecule has 1 N–H and O–H groups in total. The van der Waals surface area contributed by atoms with Crippen molar-refractivity contribution < 1.29 is 0 Å². The number of hydrogen-bond acceptors (Lipinski definition) is 3. The Morgan fingerprint density at radius 1 is 1.11 bits per heavy atom. The van der Waals surface area contributed by atoms with E-state index in [2.05, 4.69) is 28.3 Å². The molecule has 4 heteroatoms. The fraction of sp³-hybridized carbons (Fsp3) is 0.200. The number of hydrogen-bond donors (Lipinski definition) is 1. The highest BCUT2D eigenvalue weighted by molar-refractivity contribution is 5.76. The topological polar surface area (TPSA) is 42.7 Å². The van der Waals surface area contributed by atoms with Crippen LogP contribution in [0, 0.1) is 0 Å². The van der Waals surface area contributed by atoms with Crippen LogP contribution in [0.3, 0.4) is 0 Å². The fourth-order valence-electron chi connectivity index (χ4n) is 2.09. The minimum absolute atomic E-state index is 0.789. The van der Waals surface area contributed by atoms with Crippen LogP contribution in [-0.4, -0.2) is 21.1 Å². The van der Waals surface area contributed by atoms with E-state index in [0.29, 0.717) is 0 Å². The third-order valence-corrected chi connectivity index (χ3v) is 3.05. The molecule has 0 radical (unpaired) electrons. The number of aromatic nitrogens is 3. The van der Waals surface area contributed by atoms with Gasteiger partial charge >= 0.3 is 0 Å². The molecule has 0 unspecified atom stereocenters. The van der Waals surface area contributed by atoms with Gasteiger partial charge in [-0.1, -0.05) is 25.1 Å². The third kappa shape index (κ3) is 2.35. The molecule has 2 aromatic heterocycles. The maximum Gasteiger partial charge on any atom is 0.138 e. The largest absolute Gasteiger partial charge is 0.311 e. The number of fused-ring (bicyclic) bond motifs is 1. The van der Waals surface area contributed by atoms with E-state index in [1.165, 1.54) is 0 Å². The molecule has 0 aliphatic carbocycles.